The third-order valence-corrected chi connectivity index (χ3v) is 5.21. The molecule has 0 atom stereocenters. The summed E-state index contributed by atoms with van der Waals surface area (Å²) >= 11 is 6.13. The summed E-state index contributed by atoms with van der Waals surface area (Å²) in [6.45, 7) is 5.18. The number of nitrogens with one attached hydrogen (secondary N) is 2. The Labute approximate surface area is 176 Å². The smallest absolute Gasteiger partial charge is 0.238 e. The molecule has 29 heavy (non-hydrogen) atoms. The fourth-order valence-electron chi connectivity index (χ4n) is 3.07. The third kappa shape index (κ3) is 6.85. The fraction of sp³-hybridized carbons (Fsp3) is 0.364. The van der Waals surface area contributed by atoms with E-state index in [0.29, 0.717) is 49.0 Å². The maximum absolute atomic E-state index is 12.2. The Morgan fingerprint density at radius 1 is 1.00 bits per heavy atom. The summed E-state index contributed by atoms with van der Waals surface area (Å²) in [5.41, 5.74) is 3.46. The monoisotopic (exact) mass is 415 g/mol. The van der Waals surface area contributed by atoms with Gasteiger partial charge in [-0.2, -0.15) is 0 Å². The van der Waals surface area contributed by atoms with Gasteiger partial charge in [-0.25, -0.2) is 0 Å². The van der Waals surface area contributed by atoms with E-state index in [4.69, 9.17) is 16.3 Å². The maximum atomic E-state index is 12.2. The first-order chi connectivity index (χ1) is 14.0. The molecule has 0 unspecified atom stereocenters. The number of benzene rings is 2. The normalized spacial score (nSPS) is 14.4. The first-order valence-corrected chi connectivity index (χ1v) is 10.1. The van der Waals surface area contributed by atoms with Gasteiger partial charge in [-0.05, 0) is 54.8 Å². The van der Waals surface area contributed by atoms with Crippen molar-refractivity contribution < 1.29 is 14.3 Å². The molecule has 1 aliphatic rings. The van der Waals surface area contributed by atoms with Gasteiger partial charge in [0.05, 0.1) is 19.8 Å². The number of anilines is 2. The van der Waals surface area contributed by atoms with E-state index in [2.05, 4.69) is 15.5 Å². The molecular formula is C22H26ClN3O3. The molecule has 1 saturated heterocycles. The fourth-order valence-corrected chi connectivity index (χ4v) is 3.28. The molecule has 0 aliphatic carbocycles. The van der Waals surface area contributed by atoms with Crippen LogP contribution in [0.15, 0.2) is 42.5 Å². The van der Waals surface area contributed by atoms with Crippen molar-refractivity contribution in [3.8, 4) is 0 Å². The molecule has 0 aromatic heterocycles. The minimum atomic E-state index is -0.0641. The second-order valence-corrected chi connectivity index (χ2v) is 7.55. The van der Waals surface area contributed by atoms with Crippen molar-refractivity contribution in [2.75, 3.05) is 43.5 Å². The molecule has 3 rings (SSSR count). The highest BCUT2D eigenvalue weighted by molar-refractivity contribution is 6.31. The number of hydrogen-bond acceptors (Lipinski definition) is 4. The average molecular weight is 416 g/mol. The molecule has 0 spiro atoms. The van der Waals surface area contributed by atoms with E-state index in [9.17, 15) is 9.59 Å². The Kier molecular flexibility index (Phi) is 7.63. The quantitative estimate of drug-likeness (QED) is 0.726. The summed E-state index contributed by atoms with van der Waals surface area (Å²) < 4.78 is 5.28. The molecule has 154 valence electrons. The number of halogens is 1. The molecule has 0 saturated carbocycles. The molecule has 2 amide bonds. The van der Waals surface area contributed by atoms with Crippen LogP contribution >= 0.6 is 11.6 Å². The largest absolute Gasteiger partial charge is 0.379 e. The first kappa shape index (κ1) is 21.3. The zero-order valence-electron chi connectivity index (χ0n) is 16.5. The van der Waals surface area contributed by atoms with Crippen LogP contribution in [0.4, 0.5) is 11.4 Å². The van der Waals surface area contributed by atoms with Crippen molar-refractivity contribution in [2.24, 2.45) is 0 Å². The summed E-state index contributed by atoms with van der Waals surface area (Å²) in [4.78, 5) is 26.4. The molecule has 6 nitrogen and oxygen atoms in total. The number of ether oxygens (including phenoxy) is 1. The zero-order chi connectivity index (χ0) is 20.6. The predicted molar refractivity (Wildman–Crippen MR) is 115 cm³/mol. The highest BCUT2D eigenvalue weighted by Gasteiger charge is 2.14. The number of morpholine rings is 1. The van der Waals surface area contributed by atoms with Crippen LogP contribution in [-0.4, -0.2) is 49.6 Å². The van der Waals surface area contributed by atoms with Crippen LogP contribution in [0, 0.1) is 6.92 Å². The van der Waals surface area contributed by atoms with Gasteiger partial charge < -0.3 is 15.4 Å². The summed E-state index contributed by atoms with van der Waals surface area (Å²) in [6, 6.07) is 13.0. The Morgan fingerprint density at radius 3 is 2.24 bits per heavy atom. The Morgan fingerprint density at radius 2 is 1.62 bits per heavy atom. The van der Waals surface area contributed by atoms with Crippen LogP contribution in [0.25, 0.3) is 0 Å². The molecule has 0 bridgehead atoms. The van der Waals surface area contributed by atoms with Gasteiger partial charge in [-0.3, -0.25) is 14.5 Å². The minimum Gasteiger partial charge on any atom is -0.379 e. The summed E-state index contributed by atoms with van der Waals surface area (Å²) in [5, 5.41) is 6.47. The van der Waals surface area contributed by atoms with Gasteiger partial charge in [0.25, 0.3) is 0 Å². The van der Waals surface area contributed by atoms with Crippen molar-refractivity contribution in [3.63, 3.8) is 0 Å². The second kappa shape index (κ2) is 10.4. The van der Waals surface area contributed by atoms with Crippen molar-refractivity contribution in [1.29, 1.82) is 0 Å². The first-order valence-electron chi connectivity index (χ1n) is 9.74. The summed E-state index contributed by atoms with van der Waals surface area (Å²) in [6.07, 6.45) is 0.999. The van der Waals surface area contributed by atoms with Gasteiger partial charge in [0.15, 0.2) is 0 Å². The van der Waals surface area contributed by atoms with E-state index >= 15 is 0 Å². The molecule has 1 aliphatic heterocycles. The molecule has 0 radical (unpaired) electrons. The average Bonchev–Trinajstić information content (AvgIpc) is 2.71. The van der Waals surface area contributed by atoms with E-state index in [-0.39, 0.29) is 11.8 Å². The van der Waals surface area contributed by atoms with E-state index < -0.39 is 0 Å². The standard InChI is InChI=1S/C22H26ClN3O3/c1-16-2-3-17(14-20(16)23)4-9-21(27)24-18-5-7-19(8-6-18)25-22(28)15-26-10-12-29-13-11-26/h2-3,5-8,14H,4,9-13,15H2,1H3,(H,24,27)(H,25,28). The highest BCUT2D eigenvalue weighted by atomic mass is 35.5. The Hall–Kier alpha value is -2.41. The number of amides is 2. The summed E-state index contributed by atoms with van der Waals surface area (Å²) in [5.74, 6) is -0.119. The number of rotatable bonds is 7. The molecule has 7 heteroatoms. The van der Waals surface area contributed by atoms with Crippen LogP contribution in [0.1, 0.15) is 17.5 Å². The predicted octanol–water partition coefficient (Wildman–Crippen LogP) is 3.49. The van der Waals surface area contributed by atoms with Gasteiger partial charge in [0, 0.05) is 35.9 Å². The van der Waals surface area contributed by atoms with Gasteiger partial charge in [-0.15, -0.1) is 0 Å². The number of hydrogen-bond donors (Lipinski definition) is 2. The van der Waals surface area contributed by atoms with E-state index in [0.717, 1.165) is 24.2 Å². The van der Waals surface area contributed by atoms with E-state index in [1.807, 2.05) is 25.1 Å². The van der Waals surface area contributed by atoms with E-state index in [1.54, 1.807) is 24.3 Å². The van der Waals surface area contributed by atoms with Crippen molar-refractivity contribution in [3.05, 3.63) is 58.6 Å². The van der Waals surface area contributed by atoms with Gasteiger partial charge >= 0.3 is 0 Å². The lowest BCUT2D eigenvalue weighted by Gasteiger charge is -2.25. The van der Waals surface area contributed by atoms with Crippen molar-refractivity contribution in [2.45, 2.75) is 19.8 Å². The second-order valence-electron chi connectivity index (χ2n) is 7.15. The highest BCUT2D eigenvalue weighted by Crippen LogP contribution is 2.18. The molecule has 2 aromatic carbocycles. The zero-order valence-corrected chi connectivity index (χ0v) is 17.3. The number of aryl methyl sites for hydroxylation is 2. The summed E-state index contributed by atoms with van der Waals surface area (Å²) in [7, 11) is 0. The lowest BCUT2D eigenvalue weighted by atomic mass is 10.1. The van der Waals surface area contributed by atoms with Gasteiger partial charge in [0.1, 0.15) is 0 Å². The lowest BCUT2D eigenvalue weighted by molar-refractivity contribution is -0.118. The molecule has 1 heterocycles. The van der Waals surface area contributed by atoms with E-state index in [1.165, 1.54) is 0 Å². The van der Waals surface area contributed by atoms with Crippen molar-refractivity contribution >= 4 is 34.8 Å². The SMILES string of the molecule is Cc1ccc(CCC(=O)Nc2ccc(NC(=O)CN3CCOCC3)cc2)cc1Cl. The molecule has 1 fully saturated rings. The topological polar surface area (TPSA) is 70.7 Å². The molecule has 2 aromatic rings. The van der Waals surface area contributed by atoms with Crippen LogP contribution < -0.4 is 10.6 Å². The Bertz CT molecular complexity index is 849. The Balaban J connectivity index is 1.43. The number of nitrogens with zero attached hydrogens (tertiary/aromatic N) is 1. The molecular weight excluding hydrogens is 390 g/mol. The number of carbonyl (C=O) groups is 2. The lowest BCUT2D eigenvalue weighted by Crippen LogP contribution is -2.41. The van der Waals surface area contributed by atoms with Crippen LogP contribution in [-0.2, 0) is 20.7 Å². The van der Waals surface area contributed by atoms with Gasteiger partial charge in [-0.1, -0.05) is 23.7 Å². The van der Waals surface area contributed by atoms with Crippen molar-refractivity contribution in [1.82, 2.24) is 4.90 Å². The van der Waals surface area contributed by atoms with Crippen LogP contribution in [0.5, 0.6) is 0 Å². The molecule has 2 N–H and O–H groups in total. The third-order valence-electron chi connectivity index (χ3n) is 4.80. The number of carbonyl (C=O) groups excluding carboxylic acids is 2. The maximum Gasteiger partial charge on any atom is 0.238 e. The van der Waals surface area contributed by atoms with Gasteiger partial charge in [0.2, 0.25) is 11.8 Å². The minimum absolute atomic E-state index is 0.0551. The van der Waals surface area contributed by atoms with Crippen LogP contribution in [0.2, 0.25) is 5.02 Å². The van der Waals surface area contributed by atoms with Crippen LogP contribution in [0.3, 0.4) is 0 Å².